The number of carbonyl (C=O) groups is 2. The molecule has 0 spiro atoms. The van der Waals surface area contributed by atoms with Gasteiger partial charge in [0, 0.05) is 12.0 Å². The molecule has 0 bridgehead atoms. The molecule has 2 aliphatic rings. The zero-order valence-corrected chi connectivity index (χ0v) is 17.5. The Morgan fingerprint density at radius 3 is 2.57 bits per heavy atom. The van der Waals surface area contributed by atoms with Crippen LogP contribution in [0, 0.1) is 0 Å². The molecule has 1 aromatic carbocycles. The molecule has 160 valence electrons. The molecular formula is C23H30N4O3. The van der Waals surface area contributed by atoms with E-state index in [0.717, 1.165) is 50.0 Å². The second kappa shape index (κ2) is 9.43. The topological polar surface area (TPSA) is 76.5 Å². The van der Waals surface area contributed by atoms with Gasteiger partial charge in [-0.05, 0) is 44.4 Å². The number of nitrogens with one attached hydrogen (secondary N) is 1. The Morgan fingerprint density at radius 1 is 1.10 bits per heavy atom. The molecule has 1 saturated carbocycles. The summed E-state index contributed by atoms with van der Waals surface area (Å²) < 4.78 is 6.75. The summed E-state index contributed by atoms with van der Waals surface area (Å²) in [5.41, 5.74) is 1.96. The molecule has 1 saturated heterocycles. The van der Waals surface area contributed by atoms with Crippen LogP contribution in [0.15, 0.2) is 36.4 Å². The van der Waals surface area contributed by atoms with Gasteiger partial charge in [-0.15, -0.1) is 0 Å². The van der Waals surface area contributed by atoms with E-state index in [1.54, 1.807) is 0 Å². The average Bonchev–Trinajstić information content (AvgIpc) is 3.44. The van der Waals surface area contributed by atoms with Gasteiger partial charge in [0.15, 0.2) is 0 Å². The highest BCUT2D eigenvalue weighted by atomic mass is 16.5. The van der Waals surface area contributed by atoms with Gasteiger partial charge >= 0.3 is 5.97 Å². The van der Waals surface area contributed by atoms with E-state index in [2.05, 4.69) is 5.32 Å². The number of piperidine rings is 1. The van der Waals surface area contributed by atoms with Gasteiger partial charge in [0.2, 0.25) is 5.91 Å². The summed E-state index contributed by atoms with van der Waals surface area (Å²) >= 11 is 0. The number of methoxy groups -OCH3 is 1. The van der Waals surface area contributed by atoms with Gasteiger partial charge in [-0.25, -0.2) is 4.68 Å². The summed E-state index contributed by atoms with van der Waals surface area (Å²) in [4.78, 5) is 26.9. The molecule has 0 radical (unpaired) electrons. The van der Waals surface area contributed by atoms with Crippen molar-refractivity contribution < 1.29 is 14.3 Å². The minimum Gasteiger partial charge on any atom is -0.468 e. The van der Waals surface area contributed by atoms with E-state index in [1.165, 1.54) is 20.0 Å². The third-order valence-electron chi connectivity index (χ3n) is 6.20. The van der Waals surface area contributed by atoms with Crippen LogP contribution in [0.1, 0.15) is 56.6 Å². The van der Waals surface area contributed by atoms with Crippen molar-refractivity contribution in [2.75, 3.05) is 25.5 Å². The van der Waals surface area contributed by atoms with Crippen molar-refractivity contribution in [2.45, 2.75) is 56.9 Å². The Balaban J connectivity index is 1.52. The summed E-state index contributed by atoms with van der Waals surface area (Å²) in [7, 11) is 1.40. The van der Waals surface area contributed by atoms with Crippen LogP contribution in [0.5, 0.6) is 0 Å². The van der Waals surface area contributed by atoms with Crippen molar-refractivity contribution in [3.05, 3.63) is 42.1 Å². The summed E-state index contributed by atoms with van der Waals surface area (Å²) in [5, 5.41) is 7.88. The number of amides is 1. The van der Waals surface area contributed by atoms with Crippen LogP contribution in [0.3, 0.4) is 0 Å². The minimum absolute atomic E-state index is 0.138. The molecule has 1 aliphatic heterocycles. The number of benzene rings is 1. The minimum atomic E-state index is -0.345. The van der Waals surface area contributed by atoms with Gasteiger partial charge < -0.3 is 10.1 Å². The number of aromatic nitrogens is 2. The first-order chi connectivity index (χ1) is 14.7. The van der Waals surface area contributed by atoms with E-state index in [0.29, 0.717) is 11.7 Å². The monoisotopic (exact) mass is 410 g/mol. The number of likely N-dealkylation sites (tertiary alicyclic amines) is 1. The highest BCUT2D eigenvalue weighted by Gasteiger charge is 2.31. The zero-order chi connectivity index (χ0) is 20.9. The van der Waals surface area contributed by atoms with Gasteiger partial charge in [0.25, 0.3) is 0 Å². The second-order valence-electron chi connectivity index (χ2n) is 8.24. The van der Waals surface area contributed by atoms with Gasteiger partial charge in [-0.2, -0.15) is 5.10 Å². The fourth-order valence-corrected chi connectivity index (χ4v) is 4.63. The van der Waals surface area contributed by atoms with Crippen molar-refractivity contribution in [2.24, 2.45) is 0 Å². The lowest BCUT2D eigenvalue weighted by Gasteiger charge is -2.32. The normalized spacial score (nSPS) is 20.2. The van der Waals surface area contributed by atoms with Crippen LogP contribution in [0.4, 0.5) is 5.82 Å². The largest absolute Gasteiger partial charge is 0.468 e. The van der Waals surface area contributed by atoms with E-state index in [-0.39, 0.29) is 24.5 Å². The molecule has 1 aromatic heterocycles. The number of carbonyl (C=O) groups excluding carboxylic acids is 2. The van der Waals surface area contributed by atoms with E-state index in [1.807, 2.05) is 46.0 Å². The first kappa shape index (κ1) is 20.6. The second-order valence-corrected chi connectivity index (χ2v) is 8.24. The quantitative estimate of drug-likeness (QED) is 0.738. The smallest absolute Gasteiger partial charge is 0.323 e. The molecule has 2 heterocycles. The zero-order valence-electron chi connectivity index (χ0n) is 17.5. The standard InChI is InChI=1S/C23H30N4O3/c1-30-23(29)20-13-7-8-14-26(20)16-22(28)24-21-15-19(17-9-5-6-10-17)25-27(21)18-11-3-2-4-12-18/h2-4,11-12,15,17,20H,5-10,13-14,16H2,1H3,(H,24,28). The molecule has 4 rings (SSSR count). The Labute approximate surface area is 177 Å². The van der Waals surface area contributed by atoms with Gasteiger partial charge in [0.1, 0.15) is 11.9 Å². The first-order valence-electron chi connectivity index (χ1n) is 10.9. The average molecular weight is 411 g/mol. The summed E-state index contributed by atoms with van der Waals surface area (Å²) in [6.45, 7) is 0.886. The Bertz CT molecular complexity index is 874. The van der Waals surface area contributed by atoms with Crippen molar-refractivity contribution in [3.8, 4) is 5.69 Å². The summed E-state index contributed by atoms with van der Waals surface area (Å²) in [6.07, 6.45) is 7.44. The van der Waals surface area contributed by atoms with E-state index < -0.39 is 0 Å². The summed E-state index contributed by atoms with van der Waals surface area (Å²) in [5.74, 6) is 0.734. The third kappa shape index (κ3) is 4.56. The number of esters is 1. The fourth-order valence-electron chi connectivity index (χ4n) is 4.63. The van der Waals surface area contributed by atoms with Crippen molar-refractivity contribution in [3.63, 3.8) is 0 Å². The molecule has 1 aliphatic carbocycles. The van der Waals surface area contributed by atoms with E-state index >= 15 is 0 Å². The van der Waals surface area contributed by atoms with Crippen molar-refractivity contribution in [1.29, 1.82) is 0 Å². The Morgan fingerprint density at radius 2 is 1.83 bits per heavy atom. The number of nitrogens with zero attached hydrogens (tertiary/aromatic N) is 3. The molecule has 1 amide bonds. The fraction of sp³-hybridized carbons (Fsp3) is 0.522. The molecule has 7 nitrogen and oxygen atoms in total. The molecule has 1 atom stereocenters. The molecule has 1 N–H and O–H groups in total. The number of rotatable bonds is 6. The lowest BCUT2D eigenvalue weighted by atomic mass is 10.0. The van der Waals surface area contributed by atoms with E-state index in [4.69, 9.17) is 9.84 Å². The predicted octanol–water partition coefficient (Wildman–Crippen LogP) is 3.50. The van der Waals surface area contributed by atoms with Crippen LogP contribution in [-0.4, -0.2) is 52.8 Å². The highest BCUT2D eigenvalue weighted by Crippen LogP contribution is 2.35. The lowest BCUT2D eigenvalue weighted by Crippen LogP contribution is -2.48. The number of hydrogen-bond donors (Lipinski definition) is 1. The third-order valence-corrected chi connectivity index (χ3v) is 6.20. The SMILES string of the molecule is COC(=O)C1CCCCN1CC(=O)Nc1cc(C2CCCC2)nn1-c1ccccc1. The van der Waals surface area contributed by atoms with Crippen LogP contribution >= 0.6 is 0 Å². The van der Waals surface area contributed by atoms with Crippen LogP contribution in [0.2, 0.25) is 0 Å². The summed E-state index contributed by atoms with van der Waals surface area (Å²) in [6, 6.07) is 11.5. The molecular weight excluding hydrogens is 380 g/mol. The lowest BCUT2D eigenvalue weighted by molar-refractivity contribution is -0.148. The van der Waals surface area contributed by atoms with Crippen molar-refractivity contribution in [1.82, 2.24) is 14.7 Å². The maximum Gasteiger partial charge on any atom is 0.323 e. The first-order valence-corrected chi connectivity index (χ1v) is 10.9. The highest BCUT2D eigenvalue weighted by molar-refractivity contribution is 5.92. The molecule has 2 aromatic rings. The molecule has 2 fully saturated rings. The molecule has 7 heteroatoms. The molecule has 30 heavy (non-hydrogen) atoms. The number of hydrogen-bond acceptors (Lipinski definition) is 5. The number of ether oxygens (including phenoxy) is 1. The van der Waals surface area contributed by atoms with Crippen molar-refractivity contribution >= 4 is 17.7 Å². The number of anilines is 1. The van der Waals surface area contributed by atoms with Gasteiger partial charge in [-0.1, -0.05) is 37.5 Å². The maximum atomic E-state index is 12.9. The van der Waals surface area contributed by atoms with Crippen LogP contribution < -0.4 is 5.32 Å². The van der Waals surface area contributed by atoms with Crippen LogP contribution in [0.25, 0.3) is 5.69 Å². The van der Waals surface area contributed by atoms with Crippen LogP contribution in [-0.2, 0) is 14.3 Å². The Hall–Kier alpha value is -2.67. The van der Waals surface area contributed by atoms with Gasteiger partial charge in [0.05, 0.1) is 25.0 Å². The predicted molar refractivity (Wildman–Crippen MR) is 115 cm³/mol. The number of para-hydroxylation sites is 1. The maximum absolute atomic E-state index is 12.9. The van der Waals surface area contributed by atoms with E-state index in [9.17, 15) is 9.59 Å². The van der Waals surface area contributed by atoms with Gasteiger partial charge in [-0.3, -0.25) is 14.5 Å². The molecule has 1 unspecified atom stereocenters. The Kier molecular flexibility index (Phi) is 6.47.